The summed E-state index contributed by atoms with van der Waals surface area (Å²) in [5.74, 6) is -0.963. The summed E-state index contributed by atoms with van der Waals surface area (Å²) in [4.78, 5) is 34.6. The quantitative estimate of drug-likeness (QED) is 0.541. The predicted octanol–water partition coefficient (Wildman–Crippen LogP) is 3.53. The first-order valence-electron chi connectivity index (χ1n) is 10.5. The molecule has 1 aliphatic rings. The second kappa shape index (κ2) is 10.6. The number of benzene rings is 2. The first-order chi connectivity index (χ1) is 15.0. The Labute approximate surface area is 181 Å². The Balaban J connectivity index is 1.39. The van der Waals surface area contributed by atoms with E-state index >= 15 is 0 Å². The van der Waals surface area contributed by atoms with E-state index in [0.717, 1.165) is 11.1 Å². The van der Waals surface area contributed by atoms with Crippen LogP contribution in [0, 0.1) is 5.92 Å². The van der Waals surface area contributed by atoms with Gasteiger partial charge in [-0.05, 0) is 34.6 Å². The molecule has 2 amide bonds. The Hall–Kier alpha value is -3.35. The zero-order valence-electron chi connectivity index (χ0n) is 17.6. The first-order valence-corrected chi connectivity index (χ1v) is 10.5. The number of alkyl carbamates (subject to hydrolysis) is 1. The SMILES string of the molecule is CC(CCC(=O)O)CNC(=O)CCNC(=O)OCC1c2ccccc2-c2ccccc21. The highest BCUT2D eigenvalue weighted by Crippen LogP contribution is 2.44. The standard InChI is InChI=1S/C24H28N2O5/c1-16(10-11-23(28)29)14-26-22(27)12-13-25-24(30)31-15-21-19-8-4-2-6-17(19)18-7-3-5-9-20(18)21/h2-9,16,21H,10-15H2,1H3,(H,25,30)(H,26,27)(H,28,29). The van der Waals surface area contributed by atoms with E-state index in [-0.39, 0.29) is 43.7 Å². The fourth-order valence-electron chi connectivity index (χ4n) is 3.78. The van der Waals surface area contributed by atoms with Gasteiger partial charge in [0, 0.05) is 31.8 Å². The van der Waals surface area contributed by atoms with Crippen molar-refractivity contribution in [2.75, 3.05) is 19.7 Å². The van der Waals surface area contributed by atoms with Crippen LogP contribution in [0.1, 0.15) is 43.2 Å². The van der Waals surface area contributed by atoms with E-state index < -0.39 is 12.1 Å². The minimum atomic E-state index is -0.842. The minimum Gasteiger partial charge on any atom is -0.481 e. The number of nitrogens with one attached hydrogen (secondary N) is 2. The Kier molecular flexibility index (Phi) is 7.65. The van der Waals surface area contributed by atoms with Gasteiger partial charge in [-0.25, -0.2) is 4.79 Å². The van der Waals surface area contributed by atoms with E-state index in [1.165, 1.54) is 11.1 Å². The zero-order chi connectivity index (χ0) is 22.2. The van der Waals surface area contributed by atoms with E-state index in [1.807, 2.05) is 31.2 Å². The van der Waals surface area contributed by atoms with Gasteiger partial charge >= 0.3 is 12.1 Å². The average molecular weight is 424 g/mol. The van der Waals surface area contributed by atoms with Gasteiger partial charge in [-0.1, -0.05) is 55.5 Å². The number of fused-ring (bicyclic) bond motifs is 3. The lowest BCUT2D eigenvalue weighted by Gasteiger charge is -2.15. The Bertz CT molecular complexity index is 898. The van der Waals surface area contributed by atoms with Gasteiger partial charge < -0.3 is 20.5 Å². The van der Waals surface area contributed by atoms with Crippen LogP contribution in [0.25, 0.3) is 11.1 Å². The average Bonchev–Trinajstić information content (AvgIpc) is 3.08. The molecular weight excluding hydrogens is 396 g/mol. The second-order valence-electron chi connectivity index (χ2n) is 7.84. The van der Waals surface area contributed by atoms with Crippen LogP contribution >= 0.6 is 0 Å². The van der Waals surface area contributed by atoms with Crippen LogP contribution in [0.4, 0.5) is 4.79 Å². The molecule has 2 aromatic rings. The lowest BCUT2D eigenvalue weighted by molar-refractivity contribution is -0.137. The summed E-state index contributed by atoms with van der Waals surface area (Å²) in [6, 6.07) is 16.3. The van der Waals surface area contributed by atoms with Crippen LogP contribution in [0.15, 0.2) is 48.5 Å². The molecule has 1 unspecified atom stereocenters. The molecule has 7 nitrogen and oxygen atoms in total. The van der Waals surface area contributed by atoms with E-state index in [9.17, 15) is 14.4 Å². The van der Waals surface area contributed by atoms with E-state index in [4.69, 9.17) is 9.84 Å². The van der Waals surface area contributed by atoms with Gasteiger partial charge in [0.05, 0.1) is 0 Å². The van der Waals surface area contributed by atoms with Gasteiger partial charge in [0.2, 0.25) is 5.91 Å². The Morgan fingerprint density at radius 2 is 1.58 bits per heavy atom. The van der Waals surface area contributed by atoms with Gasteiger partial charge in [0.15, 0.2) is 0 Å². The lowest BCUT2D eigenvalue weighted by Crippen LogP contribution is -2.33. The maximum atomic E-state index is 12.1. The fourth-order valence-corrected chi connectivity index (χ4v) is 3.78. The summed E-state index contributed by atoms with van der Waals surface area (Å²) in [7, 11) is 0. The summed E-state index contributed by atoms with van der Waals surface area (Å²) in [5, 5.41) is 14.0. The molecule has 2 aromatic carbocycles. The highest BCUT2D eigenvalue weighted by atomic mass is 16.5. The molecule has 7 heteroatoms. The molecule has 0 bridgehead atoms. The number of hydrogen-bond acceptors (Lipinski definition) is 4. The van der Waals surface area contributed by atoms with E-state index in [1.54, 1.807) is 0 Å². The third-order valence-corrected chi connectivity index (χ3v) is 5.46. The monoisotopic (exact) mass is 424 g/mol. The Morgan fingerprint density at radius 1 is 0.968 bits per heavy atom. The second-order valence-corrected chi connectivity index (χ2v) is 7.84. The minimum absolute atomic E-state index is 0.00580. The first kappa shape index (κ1) is 22.3. The number of hydrogen-bond donors (Lipinski definition) is 3. The number of aliphatic carboxylic acids is 1. The fraction of sp³-hybridized carbons (Fsp3) is 0.375. The van der Waals surface area contributed by atoms with Crippen LogP contribution in [0.3, 0.4) is 0 Å². The number of rotatable bonds is 10. The number of ether oxygens (including phenoxy) is 1. The number of amides is 2. The number of carbonyl (C=O) groups excluding carboxylic acids is 2. The molecular formula is C24H28N2O5. The molecule has 1 atom stereocenters. The highest BCUT2D eigenvalue weighted by Gasteiger charge is 2.28. The largest absolute Gasteiger partial charge is 0.481 e. The van der Waals surface area contributed by atoms with Crippen LogP contribution in [0.2, 0.25) is 0 Å². The smallest absolute Gasteiger partial charge is 0.407 e. The van der Waals surface area contributed by atoms with Crippen LogP contribution in [-0.4, -0.2) is 42.8 Å². The van der Waals surface area contributed by atoms with E-state index in [0.29, 0.717) is 13.0 Å². The topological polar surface area (TPSA) is 105 Å². The summed E-state index contributed by atoms with van der Waals surface area (Å²) in [6.07, 6.45) is 0.175. The summed E-state index contributed by atoms with van der Waals surface area (Å²) in [5.41, 5.74) is 4.63. The third kappa shape index (κ3) is 6.07. The van der Waals surface area contributed by atoms with Gasteiger partial charge in [-0.3, -0.25) is 9.59 Å². The summed E-state index contributed by atoms with van der Waals surface area (Å²) < 4.78 is 5.44. The molecule has 0 saturated carbocycles. The lowest BCUT2D eigenvalue weighted by atomic mass is 9.98. The van der Waals surface area contributed by atoms with Crippen LogP contribution in [-0.2, 0) is 14.3 Å². The van der Waals surface area contributed by atoms with Crippen molar-refractivity contribution >= 4 is 18.0 Å². The predicted molar refractivity (Wildman–Crippen MR) is 117 cm³/mol. The molecule has 164 valence electrons. The Morgan fingerprint density at radius 3 is 2.19 bits per heavy atom. The number of carboxylic acids is 1. The summed E-state index contributed by atoms with van der Waals surface area (Å²) in [6.45, 7) is 2.70. The van der Waals surface area contributed by atoms with Crippen molar-refractivity contribution in [1.82, 2.24) is 10.6 Å². The van der Waals surface area contributed by atoms with Crippen molar-refractivity contribution in [3.8, 4) is 11.1 Å². The van der Waals surface area contributed by atoms with Crippen LogP contribution < -0.4 is 10.6 Å². The van der Waals surface area contributed by atoms with Gasteiger partial charge in [0.25, 0.3) is 0 Å². The van der Waals surface area contributed by atoms with Crippen molar-refractivity contribution in [2.24, 2.45) is 5.92 Å². The van der Waals surface area contributed by atoms with Crippen LogP contribution in [0.5, 0.6) is 0 Å². The van der Waals surface area contributed by atoms with Gasteiger partial charge in [-0.15, -0.1) is 0 Å². The van der Waals surface area contributed by atoms with Crippen molar-refractivity contribution in [3.63, 3.8) is 0 Å². The molecule has 0 fully saturated rings. The normalized spacial score (nSPS) is 13.1. The maximum Gasteiger partial charge on any atom is 0.407 e. The molecule has 0 heterocycles. The van der Waals surface area contributed by atoms with Crippen molar-refractivity contribution in [3.05, 3.63) is 59.7 Å². The molecule has 0 aromatic heterocycles. The van der Waals surface area contributed by atoms with Crippen molar-refractivity contribution < 1.29 is 24.2 Å². The van der Waals surface area contributed by atoms with Crippen molar-refractivity contribution in [2.45, 2.75) is 32.1 Å². The van der Waals surface area contributed by atoms with E-state index in [2.05, 4.69) is 34.9 Å². The number of carbonyl (C=O) groups is 3. The van der Waals surface area contributed by atoms with Gasteiger partial charge in [-0.2, -0.15) is 0 Å². The number of carboxylic acid groups (broad SMARTS) is 1. The molecule has 31 heavy (non-hydrogen) atoms. The van der Waals surface area contributed by atoms with Gasteiger partial charge in [0.1, 0.15) is 6.61 Å². The molecule has 0 aliphatic heterocycles. The highest BCUT2D eigenvalue weighted by molar-refractivity contribution is 5.79. The maximum absolute atomic E-state index is 12.1. The molecule has 0 spiro atoms. The molecule has 0 radical (unpaired) electrons. The third-order valence-electron chi connectivity index (χ3n) is 5.46. The van der Waals surface area contributed by atoms with Crippen molar-refractivity contribution in [1.29, 1.82) is 0 Å². The molecule has 3 N–H and O–H groups in total. The summed E-state index contributed by atoms with van der Waals surface area (Å²) >= 11 is 0. The molecule has 1 aliphatic carbocycles. The molecule has 0 saturated heterocycles. The molecule has 3 rings (SSSR count). The zero-order valence-corrected chi connectivity index (χ0v) is 17.6.